The lowest BCUT2D eigenvalue weighted by molar-refractivity contribution is 0.102. The van der Waals surface area contributed by atoms with Crippen molar-refractivity contribution in [3.63, 3.8) is 0 Å². The summed E-state index contributed by atoms with van der Waals surface area (Å²) in [5.74, 6) is 0.443. The van der Waals surface area contributed by atoms with Crippen LogP contribution in [0.3, 0.4) is 0 Å². The number of aryl methyl sites for hydroxylation is 2. The summed E-state index contributed by atoms with van der Waals surface area (Å²) in [6.07, 6.45) is 0. The number of rotatable bonds is 4. The third kappa shape index (κ3) is 4.14. The molecule has 25 heavy (non-hydrogen) atoms. The minimum absolute atomic E-state index is 0.201. The number of nitrogens with zero attached hydrogens (tertiary/aromatic N) is 4. The van der Waals surface area contributed by atoms with Crippen LogP contribution < -0.4 is 10.2 Å². The summed E-state index contributed by atoms with van der Waals surface area (Å²) >= 11 is 0. The molecular weight excluding hydrogens is 314 g/mol. The van der Waals surface area contributed by atoms with E-state index in [1.54, 1.807) is 6.07 Å². The summed E-state index contributed by atoms with van der Waals surface area (Å²) in [5.41, 5.74) is 3.04. The molecule has 1 N–H and O–H groups in total. The Kier molecular flexibility index (Phi) is 5.28. The van der Waals surface area contributed by atoms with Crippen LogP contribution in [0.15, 0.2) is 30.3 Å². The molecule has 1 aromatic heterocycles. The van der Waals surface area contributed by atoms with E-state index in [4.69, 9.17) is 0 Å². The van der Waals surface area contributed by atoms with Crippen LogP contribution in [-0.4, -0.2) is 53.5 Å². The average molecular weight is 339 g/mol. The van der Waals surface area contributed by atoms with Crippen LogP contribution in [0.1, 0.15) is 28.7 Å². The molecule has 132 valence electrons. The number of anilines is 2. The normalized spacial score (nSPS) is 15.2. The van der Waals surface area contributed by atoms with Gasteiger partial charge in [-0.15, -0.1) is 0 Å². The first-order valence-corrected chi connectivity index (χ1v) is 8.77. The molecule has 3 rings (SSSR count). The number of para-hydroxylation sites is 1. The zero-order valence-corrected chi connectivity index (χ0v) is 15.1. The Morgan fingerprint density at radius 1 is 1.12 bits per heavy atom. The maximum atomic E-state index is 12.6. The first-order chi connectivity index (χ1) is 12.1. The Labute approximate surface area is 148 Å². The van der Waals surface area contributed by atoms with Gasteiger partial charge in [0.2, 0.25) is 5.95 Å². The highest BCUT2D eigenvalue weighted by molar-refractivity contribution is 6.03. The molecule has 6 heteroatoms. The van der Waals surface area contributed by atoms with E-state index in [0.29, 0.717) is 11.6 Å². The number of piperazine rings is 1. The van der Waals surface area contributed by atoms with Gasteiger partial charge in [0.05, 0.1) is 0 Å². The van der Waals surface area contributed by atoms with Crippen LogP contribution in [-0.2, 0) is 0 Å². The number of carbonyl (C=O) groups is 1. The molecule has 1 saturated heterocycles. The first kappa shape index (κ1) is 17.4. The lowest BCUT2D eigenvalue weighted by atomic mass is 10.2. The second kappa shape index (κ2) is 7.61. The highest BCUT2D eigenvalue weighted by atomic mass is 16.1. The highest BCUT2D eigenvalue weighted by Gasteiger charge is 2.20. The zero-order valence-electron chi connectivity index (χ0n) is 15.1. The van der Waals surface area contributed by atoms with Crippen molar-refractivity contribution in [1.82, 2.24) is 14.9 Å². The average Bonchev–Trinajstić information content (AvgIpc) is 2.63. The van der Waals surface area contributed by atoms with E-state index in [9.17, 15) is 4.79 Å². The fourth-order valence-corrected chi connectivity index (χ4v) is 2.97. The molecule has 1 aliphatic rings. The standard InChI is InChI=1S/C19H25N5O/c1-4-23-9-11-24(12-10-23)19-20-15(3)13-17(22-19)18(25)21-16-8-6-5-7-14(16)2/h5-8,13H,4,9-12H2,1-3H3,(H,21,25). The van der Waals surface area contributed by atoms with Crippen molar-refractivity contribution >= 4 is 17.5 Å². The smallest absolute Gasteiger partial charge is 0.274 e. The maximum Gasteiger partial charge on any atom is 0.274 e. The maximum absolute atomic E-state index is 12.6. The molecule has 0 atom stereocenters. The largest absolute Gasteiger partial charge is 0.338 e. The topological polar surface area (TPSA) is 61.4 Å². The van der Waals surface area contributed by atoms with Crippen molar-refractivity contribution < 1.29 is 4.79 Å². The number of nitrogens with one attached hydrogen (secondary N) is 1. The van der Waals surface area contributed by atoms with E-state index in [0.717, 1.165) is 49.7 Å². The van der Waals surface area contributed by atoms with Crippen molar-refractivity contribution in [2.45, 2.75) is 20.8 Å². The number of hydrogen-bond acceptors (Lipinski definition) is 5. The molecule has 0 unspecified atom stereocenters. The van der Waals surface area contributed by atoms with E-state index in [1.165, 1.54) is 0 Å². The molecule has 2 aromatic rings. The molecule has 1 amide bonds. The van der Waals surface area contributed by atoms with Gasteiger partial charge in [0.1, 0.15) is 5.69 Å². The molecule has 0 bridgehead atoms. The third-order valence-corrected chi connectivity index (χ3v) is 4.57. The molecule has 1 aromatic carbocycles. The van der Waals surface area contributed by atoms with Gasteiger partial charge < -0.3 is 15.1 Å². The molecular formula is C19H25N5O. The van der Waals surface area contributed by atoms with E-state index in [-0.39, 0.29) is 5.91 Å². The molecule has 0 radical (unpaired) electrons. The van der Waals surface area contributed by atoms with Gasteiger partial charge in [-0.1, -0.05) is 25.1 Å². The predicted octanol–water partition coefficient (Wildman–Crippen LogP) is 2.49. The fourth-order valence-electron chi connectivity index (χ4n) is 2.97. The van der Waals surface area contributed by atoms with Gasteiger partial charge >= 0.3 is 0 Å². The Bertz CT molecular complexity index is 753. The van der Waals surface area contributed by atoms with Gasteiger partial charge in [-0.25, -0.2) is 9.97 Å². The number of carbonyl (C=O) groups excluding carboxylic acids is 1. The van der Waals surface area contributed by atoms with Gasteiger partial charge in [-0.05, 0) is 38.1 Å². The second-order valence-corrected chi connectivity index (χ2v) is 6.38. The molecule has 0 aliphatic carbocycles. The van der Waals surface area contributed by atoms with Crippen molar-refractivity contribution in [3.8, 4) is 0 Å². The molecule has 6 nitrogen and oxygen atoms in total. The summed E-state index contributed by atoms with van der Waals surface area (Å²) in [7, 11) is 0. The van der Waals surface area contributed by atoms with Crippen LogP contribution >= 0.6 is 0 Å². The van der Waals surface area contributed by atoms with Gasteiger partial charge in [0.15, 0.2) is 0 Å². The summed E-state index contributed by atoms with van der Waals surface area (Å²) in [4.78, 5) is 26.2. The van der Waals surface area contributed by atoms with Crippen LogP contribution in [0, 0.1) is 13.8 Å². The predicted molar refractivity (Wildman–Crippen MR) is 100 cm³/mol. The van der Waals surface area contributed by atoms with Gasteiger partial charge in [0.25, 0.3) is 5.91 Å². The Morgan fingerprint density at radius 2 is 1.84 bits per heavy atom. The molecule has 2 heterocycles. The fraction of sp³-hybridized carbons (Fsp3) is 0.421. The van der Waals surface area contributed by atoms with Crippen molar-refractivity contribution in [3.05, 3.63) is 47.3 Å². The first-order valence-electron chi connectivity index (χ1n) is 8.77. The lowest BCUT2D eigenvalue weighted by Gasteiger charge is -2.34. The van der Waals surface area contributed by atoms with E-state index >= 15 is 0 Å². The quantitative estimate of drug-likeness (QED) is 0.927. The van der Waals surface area contributed by atoms with Gasteiger partial charge in [-0.2, -0.15) is 0 Å². The van der Waals surface area contributed by atoms with Crippen molar-refractivity contribution in [2.75, 3.05) is 42.9 Å². The van der Waals surface area contributed by atoms with Crippen LogP contribution in [0.5, 0.6) is 0 Å². The SMILES string of the molecule is CCN1CCN(c2nc(C)cc(C(=O)Nc3ccccc3C)n2)CC1. The van der Waals surface area contributed by atoms with Gasteiger partial charge in [-0.3, -0.25) is 4.79 Å². The zero-order chi connectivity index (χ0) is 17.8. The van der Waals surface area contributed by atoms with Crippen molar-refractivity contribution in [2.24, 2.45) is 0 Å². The number of likely N-dealkylation sites (N-methyl/N-ethyl adjacent to an activating group) is 1. The Morgan fingerprint density at radius 3 is 2.52 bits per heavy atom. The Balaban J connectivity index is 1.77. The highest BCUT2D eigenvalue weighted by Crippen LogP contribution is 2.17. The number of benzene rings is 1. The summed E-state index contributed by atoms with van der Waals surface area (Å²) in [6.45, 7) is 10.9. The molecule has 1 fully saturated rings. The van der Waals surface area contributed by atoms with E-state index in [2.05, 4.69) is 32.0 Å². The molecule has 1 aliphatic heterocycles. The summed E-state index contributed by atoms with van der Waals surface area (Å²) < 4.78 is 0. The number of aromatic nitrogens is 2. The van der Waals surface area contributed by atoms with Gasteiger partial charge in [0, 0.05) is 37.6 Å². The minimum atomic E-state index is -0.201. The Hall–Kier alpha value is -2.47. The molecule has 0 saturated carbocycles. The second-order valence-electron chi connectivity index (χ2n) is 6.38. The van der Waals surface area contributed by atoms with Crippen LogP contribution in [0.25, 0.3) is 0 Å². The van der Waals surface area contributed by atoms with Crippen molar-refractivity contribution in [1.29, 1.82) is 0 Å². The number of amides is 1. The lowest BCUT2D eigenvalue weighted by Crippen LogP contribution is -2.47. The third-order valence-electron chi connectivity index (χ3n) is 4.57. The van der Waals surface area contributed by atoms with Crippen LogP contribution in [0.4, 0.5) is 11.6 Å². The molecule has 0 spiro atoms. The van der Waals surface area contributed by atoms with E-state index in [1.807, 2.05) is 38.1 Å². The summed E-state index contributed by atoms with van der Waals surface area (Å²) in [6, 6.07) is 9.46. The van der Waals surface area contributed by atoms with Crippen LogP contribution in [0.2, 0.25) is 0 Å². The minimum Gasteiger partial charge on any atom is -0.338 e. The monoisotopic (exact) mass is 339 g/mol. The van der Waals surface area contributed by atoms with E-state index < -0.39 is 0 Å². The number of hydrogen-bond donors (Lipinski definition) is 1. The summed E-state index contributed by atoms with van der Waals surface area (Å²) in [5, 5.41) is 2.94.